The van der Waals surface area contributed by atoms with Crippen molar-refractivity contribution in [3.05, 3.63) is 18.0 Å². The Kier molecular flexibility index (Phi) is 4.79. The predicted molar refractivity (Wildman–Crippen MR) is 52.7 cm³/mol. The summed E-state index contributed by atoms with van der Waals surface area (Å²) in [6.45, 7) is 2.35. The second-order valence-corrected chi connectivity index (χ2v) is 3.77. The van der Waals surface area contributed by atoms with E-state index in [2.05, 4.69) is 10.5 Å². The zero-order valence-corrected chi connectivity index (χ0v) is 9.05. The fraction of sp³-hybridized carbons (Fsp3) is 0.700. The van der Waals surface area contributed by atoms with Gasteiger partial charge in [-0.2, -0.15) is 13.2 Å². The topological polar surface area (TPSA) is 38.1 Å². The minimum atomic E-state index is -4.05. The lowest BCUT2D eigenvalue weighted by Crippen LogP contribution is -2.25. The van der Waals surface area contributed by atoms with Gasteiger partial charge in [-0.15, -0.1) is 0 Å². The van der Waals surface area contributed by atoms with E-state index in [9.17, 15) is 13.2 Å². The van der Waals surface area contributed by atoms with E-state index in [1.165, 1.54) is 6.20 Å². The Morgan fingerprint density at radius 3 is 2.81 bits per heavy atom. The zero-order chi connectivity index (χ0) is 12.0. The van der Waals surface area contributed by atoms with Crippen molar-refractivity contribution in [1.82, 2.24) is 10.5 Å². The van der Waals surface area contributed by atoms with Crippen LogP contribution in [0, 0.1) is 0 Å². The summed E-state index contributed by atoms with van der Waals surface area (Å²) in [6.07, 6.45) is -2.60. The molecule has 0 fully saturated rings. The molecule has 6 heteroatoms. The van der Waals surface area contributed by atoms with E-state index in [1.807, 2.05) is 6.92 Å². The molecule has 1 atom stereocenters. The maximum atomic E-state index is 11.9. The molecule has 0 aliphatic rings. The number of nitrogens with zero attached hydrogens (tertiary/aromatic N) is 1. The Labute approximate surface area is 92.0 Å². The Balaban J connectivity index is 2.09. The van der Waals surface area contributed by atoms with Crippen LogP contribution in [0.4, 0.5) is 13.2 Å². The molecule has 0 bridgehead atoms. The van der Waals surface area contributed by atoms with E-state index in [4.69, 9.17) is 4.52 Å². The van der Waals surface area contributed by atoms with Crippen molar-refractivity contribution in [3.63, 3.8) is 0 Å². The van der Waals surface area contributed by atoms with Gasteiger partial charge in [-0.1, -0.05) is 5.16 Å². The third-order valence-electron chi connectivity index (χ3n) is 2.21. The summed E-state index contributed by atoms with van der Waals surface area (Å²) < 4.78 is 40.5. The molecule has 0 aliphatic carbocycles. The van der Waals surface area contributed by atoms with Crippen LogP contribution in [-0.2, 0) is 6.54 Å². The summed E-state index contributed by atoms with van der Waals surface area (Å²) in [6, 6.07) is 1.75. The molecule has 1 aromatic heterocycles. The van der Waals surface area contributed by atoms with Crippen LogP contribution in [0.15, 0.2) is 16.8 Å². The van der Waals surface area contributed by atoms with Crippen LogP contribution in [0.1, 0.15) is 31.9 Å². The van der Waals surface area contributed by atoms with Crippen LogP contribution in [0.3, 0.4) is 0 Å². The van der Waals surface area contributed by atoms with Gasteiger partial charge in [-0.05, 0) is 19.8 Å². The molecule has 0 amide bonds. The van der Waals surface area contributed by atoms with Crippen LogP contribution >= 0.6 is 0 Å². The van der Waals surface area contributed by atoms with Gasteiger partial charge in [0.2, 0.25) is 0 Å². The number of aromatic nitrogens is 1. The summed E-state index contributed by atoms with van der Waals surface area (Å²) in [4.78, 5) is 0. The van der Waals surface area contributed by atoms with Crippen LogP contribution in [0.2, 0.25) is 0 Å². The zero-order valence-electron chi connectivity index (χ0n) is 9.05. The van der Waals surface area contributed by atoms with Gasteiger partial charge in [-0.3, -0.25) is 0 Å². The van der Waals surface area contributed by atoms with Crippen molar-refractivity contribution in [1.29, 1.82) is 0 Å². The van der Waals surface area contributed by atoms with Gasteiger partial charge in [0.1, 0.15) is 5.76 Å². The van der Waals surface area contributed by atoms with Crippen molar-refractivity contribution in [2.75, 3.05) is 0 Å². The molecule has 92 valence electrons. The number of rotatable bonds is 6. The van der Waals surface area contributed by atoms with Crippen molar-refractivity contribution in [3.8, 4) is 0 Å². The van der Waals surface area contributed by atoms with E-state index in [0.29, 0.717) is 18.7 Å². The molecule has 0 aromatic carbocycles. The number of hydrogen-bond donors (Lipinski definition) is 1. The highest BCUT2D eigenvalue weighted by molar-refractivity contribution is 4.92. The maximum absolute atomic E-state index is 11.9. The van der Waals surface area contributed by atoms with Gasteiger partial charge < -0.3 is 9.84 Å². The van der Waals surface area contributed by atoms with Gasteiger partial charge in [0.05, 0.1) is 12.7 Å². The molecular formula is C10H15F3N2O. The van der Waals surface area contributed by atoms with Crippen LogP contribution in [0.5, 0.6) is 0 Å². The van der Waals surface area contributed by atoms with Crippen LogP contribution in [-0.4, -0.2) is 17.4 Å². The third-order valence-corrected chi connectivity index (χ3v) is 2.21. The van der Waals surface area contributed by atoms with Gasteiger partial charge in [0.25, 0.3) is 0 Å². The van der Waals surface area contributed by atoms with Gasteiger partial charge in [0.15, 0.2) is 0 Å². The molecule has 1 unspecified atom stereocenters. The third kappa shape index (κ3) is 5.75. The molecule has 0 saturated heterocycles. The van der Waals surface area contributed by atoms with E-state index in [1.54, 1.807) is 6.07 Å². The molecule has 1 heterocycles. The highest BCUT2D eigenvalue weighted by Gasteiger charge is 2.26. The Hall–Kier alpha value is -1.04. The summed E-state index contributed by atoms with van der Waals surface area (Å²) >= 11 is 0. The summed E-state index contributed by atoms with van der Waals surface area (Å²) in [5.74, 6) is 0.683. The standard InChI is InChI=1S/C10H15F3N2O/c1-8(3-2-5-10(11,12)13)14-7-9-4-6-15-16-9/h4,6,8,14H,2-3,5,7H2,1H3. The second kappa shape index (κ2) is 5.89. The first-order valence-electron chi connectivity index (χ1n) is 5.17. The van der Waals surface area contributed by atoms with Crippen molar-refractivity contribution >= 4 is 0 Å². The minimum absolute atomic E-state index is 0.0347. The number of halogens is 3. The number of alkyl halides is 3. The first kappa shape index (κ1) is 13.0. The lowest BCUT2D eigenvalue weighted by molar-refractivity contribution is -0.135. The van der Waals surface area contributed by atoms with Crippen LogP contribution in [0.25, 0.3) is 0 Å². The van der Waals surface area contributed by atoms with Crippen molar-refractivity contribution in [2.45, 2.75) is 44.9 Å². The molecule has 3 nitrogen and oxygen atoms in total. The Bertz CT molecular complexity index is 285. The smallest absolute Gasteiger partial charge is 0.360 e. The summed E-state index contributed by atoms with van der Waals surface area (Å²) in [5.41, 5.74) is 0. The largest absolute Gasteiger partial charge is 0.389 e. The fourth-order valence-corrected chi connectivity index (χ4v) is 1.32. The first-order valence-corrected chi connectivity index (χ1v) is 5.17. The lowest BCUT2D eigenvalue weighted by Gasteiger charge is -2.13. The minimum Gasteiger partial charge on any atom is -0.360 e. The average Bonchev–Trinajstić information content (AvgIpc) is 2.65. The molecule has 0 spiro atoms. The quantitative estimate of drug-likeness (QED) is 0.825. The first-order chi connectivity index (χ1) is 7.47. The second-order valence-electron chi connectivity index (χ2n) is 3.77. The van der Waals surface area contributed by atoms with Gasteiger partial charge >= 0.3 is 6.18 Å². The Morgan fingerprint density at radius 2 is 2.25 bits per heavy atom. The van der Waals surface area contributed by atoms with Crippen molar-refractivity contribution in [2.24, 2.45) is 0 Å². The Morgan fingerprint density at radius 1 is 1.50 bits per heavy atom. The number of hydrogen-bond acceptors (Lipinski definition) is 3. The van der Waals surface area contributed by atoms with E-state index in [-0.39, 0.29) is 12.5 Å². The van der Waals surface area contributed by atoms with E-state index in [0.717, 1.165) is 0 Å². The van der Waals surface area contributed by atoms with Gasteiger partial charge in [-0.25, -0.2) is 0 Å². The number of nitrogens with one attached hydrogen (secondary N) is 1. The van der Waals surface area contributed by atoms with Crippen LogP contribution < -0.4 is 5.32 Å². The predicted octanol–water partition coefficient (Wildman–Crippen LogP) is 2.89. The molecule has 0 radical (unpaired) electrons. The average molecular weight is 236 g/mol. The molecule has 0 saturated carbocycles. The lowest BCUT2D eigenvalue weighted by atomic mass is 10.1. The molecule has 16 heavy (non-hydrogen) atoms. The summed E-state index contributed by atoms with van der Waals surface area (Å²) in [5, 5.41) is 6.60. The summed E-state index contributed by atoms with van der Waals surface area (Å²) in [7, 11) is 0. The molecule has 0 aliphatic heterocycles. The monoisotopic (exact) mass is 236 g/mol. The highest BCUT2D eigenvalue weighted by atomic mass is 19.4. The normalized spacial score (nSPS) is 14.0. The molecule has 1 aromatic rings. The SMILES string of the molecule is CC(CCCC(F)(F)F)NCc1ccno1. The molecule has 1 N–H and O–H groups in total. The van der Waals surface area contributed by atoms with Crippen molar-refractivity contribution < 1.29 is 17.7 Å². The van der Waals surface area contributed by atoms with Gasteiger partial charge in [0, 0.05) is 18.5 Å². The molecule has 1 rings (SSSR count). The van der Waals surface area contributed by atoms with E-state index >= 15 is 0 Å². The highest BCUT2D eigenvalue weighted by Crippen LogP contribution is 2.22. The fourth-order valence-electron chi connectivity index (χ4n) is 1.32. The molecular weight excluding hydrogens is 221 g/mol. The van der Waals surface area contributed by atoms with E-state index < -0.39 is 12.6 Å². The maximum Gasteiger partial charge on any atom is 0.389 e.